The molecule has 5 heteroatoms. The van der Waals surface area contributed by atoms with Crippen LogP contribution in [0.25, 0.3) is 22.4 Å². The lowest BCUT2D eigenvalue weighted by atomic mass is 10.2. The van der Waals surface area contributed by atoms with E-state index in [1.807, 2.05) is 11.6 Å². The van der Waals surface area contributed by atoms with Gasteiger partial charge in [0.25, 0.3) is 0 Å². The zero-order valence-electron chi connectivity index (χ0n) is 10.1. The van der Waals surface area contributed by atoms with Crippen LogP contribution in [0.15, 0.2) is 40.9 Å². The summed E-state index contributed by atoms with van der Waals surface area (Å²) in [7, 11) is 1.84. The molecule has 96 valence electrons. The van der Waals surface area contributed by atoms with Crippen molar-refractivity contribution in [2.45, 2.75) is 0 Å². The molecule has 1 N–H and O–H groups in total. The van der Waals surface area contributed by atoms with Gasteiger partial charge in [0.1, 0.15) is 17.4 Å². The van der Waals surface area contributed by atoms with Gasteiger partial charge in [-0.2, -0.15) is 0 Å². The quantitative estimate of drug-likeness (QED) is 0.739. The van der Waals surface area contributed by atoms with E-state index in [0.717, 1.165) is 9.99 Å². The van der Waals surface area contributed by atoms with E-state index in [9.17, 15) is 9.50 Å². The van der Waals surface area contributed by atoms with Crippen molar-refractivity contribution in [3.05, 3.63) is 46.7 Å². The van der Waals surface area contributed by atoms with Gasteiger partial charge in [0.05, 0.1) is 16.6 Å². The summed E-state index contributed by atoms with van der Waals surface area (Å²) in [6.07, 6.45) is 0. The van der Waals surface area contributed by atoms with Crippen molar-refractivity contribution in [2.24, 2.45) is 7.05 Å². The summed E-state index contributed by atoms with van der Waals surface area (Å²) < 4.78 is 15.9. The Balaban J connectivity index is 2.30. The number of halogens is 2. The lowest BCUT2D eigenvalue weighted by Gasteiger charge is -2.05. The highest BCUT2D eigenvalue weighted by molar-refractivity contribution is 9.10. The monoisotopic (exact) mass is 320 g/mol. The smallest absolute Gasteiger partial charge is 0.144 e. The van der Waals surface area contributed by atoms with Gasteiger partial charge in [-0.3, -0.25) is 0 Å². The van der Waals surface area contributed by atoms with E-state index in [1.54, 1.807) is 24.3 Å². The van der Waals surface area contributed by atoms with Gasteiger partial charge >= 0.3 is 0 Å². The maximum atomic E-state index is 13.2. The Bertz CT molecular complexity index is 782. The maximum Gasteiger partial charge on any atom is 0.144 e. The Labute approximate surface area is 117 Å². The molecule has 1 aromatic heterocycles. The van der Waals surface area contributed by atoms with E-state index in [1.165, 1.54) is 12.1 Å². The molecule has 19 heavy (non-hydrogen) atoms. The molecule has 0 aliphatic heterocycles. The van der Waals surface area contributed by atoms with Crippen LogP contribution in [-0.4, -0.2) is 14.7 Å². The van der Waals surface area contributed by atoms with Gasteiger partial charge in [0.2, 0.25) is 0 Å². The van der Waals surface area contributed by atoms with Crippen LogP contribution in [0, 0.1) is 5.82 Å². The Hall–Kier alpha value is -1.88. The SMILES string of the molecule is Cn1c(-c2cc(Br)ccc2O)nc2cc(F)ccc21. The third kappa shape index (κ3) is 2.00. The Morgan fingerprint density at radius 2 is 2.00 bits per heavy atom. The second-order valence-electron chi connectivity index (χ2n) is 4.29. The Kier molecular flexibility index (Phi) is 2.78. The average Bonchev–Trinajstić information content (AvgIpc) is 2.69. The molecule has 3 aromatic rings. The first-order valence-electron chi connectivity index (χ1n) is 5.67. The molecular weight excluding hydrogens is 311 g/mol. The Morgan fingerprint density at radius 1 is 1.21 bits per heavy atom. The molecule has 0 saturated carbocycles. The zero-order valence-corrected chi connectivity index (χ0v) is 11.6. The number of aromatic hydroxyl groups is 1. The van der Waals surface area contributed by atoms with E-state index in [4.69, 9.17) is 0 Å². The molecule has 0 atom stereocenters. The van der Waals surface area contributed by atoms with Crippen LogP contribution in [0.2, 0.25) is 0 Å². The number of aromatic nitrogens is 2. The van der Waals surface area contributed by atoms with Crippen LogP contribution in [0.1, 0.15) is 0 Å². The third-order valence-electron chi connectivity index (χ3n) is 3.04. The van der Waals surface area contributed by atoms with E-state index in [-0.39, 0.29) is 11.6 Å². The molecule has 0 aliphatic carbocycles. The van der Waals surface area contributed by atoms with Crippen molar-refractivity contribution in [1.29, 1.82) is 0 Å². The molecule has 0 bridgehead atoms. The molecule has 0 amide bonds. The molecular formula is C14H10BrFN2O. The number of aryl methyl sites for hydroxylation is 1. The van der Waals surface area contributed by atoms with Crippen LogP contribution in [0.5, 0.6) is 5.75 Å². The molecule has 0 unspecified atom stereocenters. The molecule has 0 radical (unpaired) electrons. The van der Waals surface area contributed by atoms with Crippen LogP contribution in [0.4, 0.5) is 4.39 Å². The highest BCUT2D eigenvalue weighted by Crippen LogP contribution is 2.32. The number of phenols is 1. The highest BCUT2D eigenvalue weighted by atomic mass is 79.9. The number of phenolic OH excluding ortho intramolecular Hbond substituents is 1. The van der Waals surface area contributed by atoms with Gasteiger partial charge in [0.15, 0.2) is 0 Å². The van der Waals surface area contributed by atoms with E-state index in [2.05, 4.69) is 20.9 Å². The van der Waals surface area contributed by atoms with E-state index in [0.29, 0.717) is 16.9 Å². The number of rotatable bonds is 1. The molecule has 0 spiro atoms. The predicted octanol–water partition coefficient (Wildman–Crippen LogP) is 3.85. The van der Waals surface area contributed by atoms with Crippen molar-refractivity contribution in [3.63, 3.8) is 0 Å². The molecule has 3 rings (SSSR count). The van der Waals surface area contributed by atoms with Crippen LogP contribution < -0.4 is 0 Å². The number of hydrogen-bond donors (Lipinski definition) is 1. The largest absolute Gasteiger partial charge is 0.507 e. The van der Waals surface area contributed by atoms with Crippen molar-refractivity contribution >= 4 is 27.0 Å². The van der Waals surface area contributed by atoms with E-state index < -0.39 is 0 Å². The fourth-order valence-corrected chi connectivity index (χ4v) is 2.46. The average molecular weight is 321 g/mol. The van der Waals surface area contributed by atoms with Crippen LogP contribution in [-0.2, 0) is 7.05 Å². The minimum absolute atomic E-state index is 0.141. The summed E-state index contributed by atoms with van der Waals surface area (Å²) in [4.78, 5) is 4.39. The molecule has 2 aromatic carbocycles. The minimum Gasteiger partial charge on any atom is -0.507 e. The first-order chi connectivity index (χ1) is 9.06. The first-order valence-corrected chi connectivity index (χ1v) is 6.46. The maximum absolute atomic E-state index is 13.2. The summed E-state index contributed by atoms with van der Waals surface area (Å²) in [6.45, 7) is 0. The van der Waals surface area contributed by atoms with Crippen LogP contribution in [0.3, 0.4) is 0 Å². The topological polar surface area (TPSA) is 38.0 Å². The molecule has 1 heterocycles. The lowest BCUT2D eigenvalue weighted by Crippen LogP contribution is -1.92. The predicted molar refractivity (Wildman–Crippen MR) is 75.5 cm³/mol. The van der Waals surface area contributed by atoms with Gasteiger partial charge in [0, 0.05) is 17.6 Å². The van der Waals surface area contributed by atoms with Gasteiger partial charge in [-0.05, 0) is 30.3 Å². The summed E-state index contributed by atoms with van der Waals surface area (Å²) in [5, 5.41) is 9.94. The van der Waals surface area contributed by atoms with E-state index >= 15 is 0 Å². The van der Waals surface area contributed by atoms with Gasteiger partial charge in [-0.15, -0.1) is 0 Å². The Morgan fingerprint density at radius 3 is 2.79 bits per heavy atom. The number of hydrogen-bond acceptors (Lipinski definition) is 2. The summed E-state index contributed by atoms with van der Waals surface area (Å²) >= 11 is 3.37. The standard InChI is InChI=1S/C14H10BrFN2O/c1-18-12-4-3-9(16)7-11(12)17-14(18)10-6-8(15)2-5-13(10)19/h2-7,19H,1H3. The molecule has 3 nitrogen and oxygen atoms in total. The summed E-state index contributed by atoms with van der Waals surface area (Å²) in [5.41, 5.74) is 1.99. The van der Waals surface area contributed by atoms with Crippen molar-refractivity contribution in [3.8, 4) is 17.1 Å². The third-order valence-corrected chi connectivity index (χ3v) is 3.54. The van der Waals surface area contributed by atoms with Crippen molar-refractivity contribution < 1.29 is 9.50 Å². The van der Waals surface area contributed by atoms with Gasteiger partial charge in [-0.25, -0.2) is 9.37 Å². The molecule has 0 saturated heterocycles. The summed E-state index contributed by atoms with van der Waals surface area (Å²) in [5.74, 6) is 0.414. The normalized spacial score (nSPS) is 11.1. The lowest BCUT2D eigenvalue weighted by molar-refractivity contribution is 0.476. The number of nitrogens with zero attached hydrogens (tertiary/aromatic N) is 2. The number of fused-ring (bicyclic) bond motifs is 1. The summed E-state index contributed by atoms with van der Waals surface area (Å²) in [6, 6.07) is 9.59. The van der Waals surface area contributed by atoms with Gasteiger partial charge in [-0.1, -0.05) is 15.9 Å². The second kappa shape index (κ2) is 4.35. The molecule has 0 aliphatic rings. The highest BCUT2D eigenvalue weighted by Gasteiger charge is 2.14. The number of imidazole rings is 1. The van der Waals surface area contributed by atoms with Gasteiger partial charge < -0.3 is 9.67 Å². The first kappa shape index (κ1) is 12.2. The van der Waals surface area contributed by atoms with Crippen molar-refractivity contribution in [1.82, 2.24) is 9.55 Å². The zero-order chi connectivity index (χ0) is 13.6. The fourth-order valence-electron chi connectivity index (χ4n) is 2.10. The minimum atomic E-state index is -0.324. The second-order valence-corrected chi connectivity index (χ2v) is 5.20. The van der Waals surface area contributed by atoms with Crippen LogP contribution >= 0.6 is 15.9 Å². The molecule has 0 fully saturated rings. The van der Waals surface area contributed by atoms with Crippen molar-refractivity contribution in [2.75, 3.05) is 0 Å². The number of benzene rings is 2. The fraction of sp³-hybridized carbons (Fsp3) is 0.0714.